The summed E-state index contributed by atoms with van der Waals surface area (Å²) in [6.45, 7) is 7.18. The van der Waals surface area contributed by atoms with Gasteiger partial charge in [-0.25, -0.2) is 0 Å². The van der Waals surface area contributed by atoms with Gasteiger partial charge in [0, 0.05) is 0 Å². The Labute approximate surface area is 82.4 Å². The predicted octanol–water partition coefficient (Wildman–Crippen LogP) is 4.17. The van der Waals surface area contributed by atoms with Gasteiger partial charge >= 0.3 is 0 Å². The highest BCUT2D eigenvalue weighted by Crippen LogP contribution is 2.43. The number of hydrogen-bond donors (Lipinski definition) is 0. The molecule has 0 saturated heterocycles. The number of allylic oxidation sites excluding steroid dienone is 2. The first-order valence-corrected chi connectivity index (χ1v) is 5.75. The molecule has 2 aliphatic rings. The smallest absolute Gasteiger partial charge is 0.0226 e. The zero-order chi connectivity index (χ0) is 9.47. The third kappa shape index (κ3) is 2.15. The fourth-order valence-corrected chi connectivity index (χ4v) is 2.94. The van der Waals surface area contributed by atoms with Crippen molar-refractivity contribution in [3.8, 4) is 0 Å². The summed E-state index contributed by atoms with van der Waals surface area (Å²) < 4.78 is 0. The van der Waals surface area contributed by atoms with E-state index < -0.39 is 0 Å². The summed E-state index contributed by atoms with van der Waals surface area (Å²) in [6.07, 6.45) is 9.65. The Morgan fingerprint density at radius 2 is 2.00 bits per heavy atom. The van der Waals surface area contributed by atoms with Crippen molar-refractivity contribution in [2.24, 2.45) is 17.3 Å². The Balaban J connectivity index is 1.87. The van der Waals surface area contributed by atoms with E-state index in [9.17, 15) is 0 Å². The van der Waals surface area contributed by atoms with Crippen LogP contribution in [0.25, 0.3) is 0 Å². The van der Waals surface area contributed by atoms with Crippen LogP contribution in [0.4, 0.5) is 0 Å². The molecule has 0 aromatic rings. The first kappa shape index (κ1) is 9.30. The van der Waals surface area contributed by atoms with Gasteiger partial charge in [-0.2, -0.15) is 0 Å². The van der Waals surface area contributed by atoms with Crippen molar-refractivity contribution < 1.29 is 0 Å². The predicted molar refractivity (Wildman–Crippen MR) is 57.6 cm³/mol. The van der Waals surface area contributed by atoms with Gasteiger partial charge in [0.15, 0.2) is 0 Å². The minimum absolute atomic E-state index is 0.622. The van der Waals surface area contributed by atoms with Crippen LogP contribution in [0, 0.1) is 17.3 Å². The average Bonchev–Trinajstić information content (AvgIpc) is 2.27. The second kappa shape index (κ2) is 3.15. The summed E-state index contributed by atoms with van der Waals surface area (Å²) in [6, 6.07) is 0. The van der Waals surface area contributed by atoms with Crippen LogP contribution in [0.2, 0.25) is 0 Å². The van der Waals surface area contributed by atoms with Crippen LogP contribution in [-0.2, 0) is 0 Å². The van der Waals surface area contributed by atoms with Gasteiger partial charge in [-0.15, -0.1) is 0 Å². The highest BCUT2D eigenvalue weighted by Gasteiger charge is 2.30. The van der Waals surface area contributed by atoms with Crippen LogP contribution < -0.4 is 0 Å². The lowest BCUT2D eigenvalue weighted by molar-refractivity contribution is 0.370. The van der Waals surface area contributed by atoms with E-state index in [0.717, 1.165) is 11.8 Å². The Bertz CT molecular complexity index is 214. The van der Waals surface area contributed by atoms with Gasteiger partial charge in [-0.3, -0.25) is 0 Å². The van der Waals surface area contributed by atoms with Crippen molar-refractivity contribution in [1.82, 2.24) is 0 Å². The number of rotatable bonds is 1. The Hall–Kier alpha value is -0.260. The topological polar surface area (TPSA) is 0 Å². The van der Waals surface area contributed by atoms with Crippen LogP contribution in [0.5, 0.6) is 0 Å². The maximum atomic E-state index is 2.59. The van der Waals surface area contributed by atoms with Gasteiger partial charge in [0.25, 0.3) is 0 Å². The van der Waals surface area contributed by atoms with Gasteiger partial charge in [-0.05, 0) is 49.4 Å². The summed E-state index contributed by atoms with van der Waals surface area (Å²) in [5, 5.41) is 0. The fraction of sp³-hybridized carbons (Fsp3) is 0.846. The molecule has 0 aromatic heterocycles. The van der Waals surface area contributed by atoms with Crippen molar-refractivity contribution in [2.45, 2.75) is 52.9 Å². The molecule has 2 fully saturated rings. The minimum atomic E-state index is 0.622. The lowest BCUT2D eigenvalue weighted by Gasteiger charge is -2.26. The van der Waals surface area contributed by atoms with Gasteiger partial charge in [-0.1, -0.05) is 32.4 Å². The summed E-state index contributed by atoms with van der Waals surface area (Å²) in [7, 11) is 0. The maximum Gasteiger partial charge on any atom is -0.0226 e. The molecule has 2 saturated carbocycles. The van der Waals surface area contributed by atoms with Gasteiger partial charge < -0.3 is 0 Å². The molecule has 0 N–H and O–H groups in total. The van der Waals surface area contributed by atoms with Crippen molar-refractivity contribution >= 4 is 0 Å². The lowest BCUT2D eigenvalue weighted by Crippen LogP contribution is -2.12. The van der Waals surface area contributed by atoms with Crippen LogP contribution >= 0.6 is 0 Å². The molecule has 2 aliphatic carbocycles. The van der Waals surface area contributed by atoms with Gasteiger partial charge in [0.1, 0.15) is 0 Å². The van der Waals surface area contributed by atoms with E-state index in [2.05, 4.69) is 26.8 Å². The summed E-state index contributed by atoms with van der Waals surface area (Å²) in [5.41, 5.74) is 2.37. The molecule has 0 aliphatic heterocycles. The highest BCUT2D eigenvalue weighted by atomic mass is 14.4. The molecule has 1 atom stereocenters. The molecule has 0 aromatic carbocycles. The molecule has 0 amide bonds. The zero-order valence-electron chi connectivity index (χ0n) is 9.27. The molecule has 0 heterocycles. The Morgan fingerprint density at radius 1 is 1.31 bits per heavy atom. The van der Waals surface area contributed by atoms with E-state index in [1.54, 1.807) is 5.57 Å². The summed E-state index contributed by atoms with van der Waals surface area (Å²) in [4.78, 5) is 0. The van der Waals surface area contributed by atoms with Crippen molar-refractivity contribution in [2.75, 3.05) is 0 Å². The van der Waals surface area contributed by atoms with E-state index in [0.29, 0.717) is 5.41 Å². The second-order valence-corrected chi connectivity index (χ2v) is 6.01. The van der Waals surface area contributed by atoms with Crippen LogP contribution in [0.1, 0.15) is 52.9 Å². The molecule has 2 rings (SSSR count). The molecular formula is C13H22. The second-order valence-electron chi connectivity index (χ2n) is 6.01. The fourth-order valence-electron chi connectivity index (χ4n) is 2.94. The Kier molecular flexibility index (Phi) is 2.25. The van der Waals surface area contributed by atoms with E-state index in [1.807, 2.05) is 0 Å². The summed E-state index contributed by atoms with van der Waals surface area (Å²) in [5.74, 6) is 1.89. The van der Waals surface area contributed by atoms with Crippen LogP contribution in [0.3, 0.4) is 0 Å². The van der Waals surface area contributed by atoms with E-state index in [1.165, 1.54) is 32.1 Å². The number of hydrogen-bond acceptors (Lipinski definition) is 0. The monoisotopic (exact) mass is 178 g/mol. The van der Waals surface area contributed by atoms with Crippen molar-refractivity contribution in [3.05, 3.63) is 11.6 Å². The minimum Gasteiger partial charge on any atom is -0.0822 e. The third-order valence-corrected chi connectivity index (χ3v) is 3.70. The summed E-state index contributed by atoms with van der Waals surface area (Å²) >= 11 is 0. The first-order chi connectivity index (χ1) is 6.05. The average molecular weight is 178 g/mol. The van der Waals surface area contributed by atoms with Crippen molar-refractivity contribution in [3.63, 3.8) is 0 Å². The van der Waals surface area contributed by atoms with E-state index in [-0.39, 0.29) is 0 Å². The Morgan fingerprint density at radius 3 is 2.46 bits per heavy atom. The zero-order valence-corrected chi connectivity index (χ0v) is 9.27. The van der Waals surface area contributed by atoms with E-state index in [4.69, 9.17) is 0 Å². The normalized spacial score (nSPS) is 37.3. The van der Waals surface area contributed by atoms with E-state index >= 15 is 0 Å². The molecule has 0 spiro atoms. The largest absolute Gasteiger partial charge is 0.0822 e. The molecule has 0 nitrogen and oxygen atoms in total. The molecule has 0 radical (unpaired) electrons. The molecule has 74 valence electrons. The highest BCUT2D eigenvalue weighted by molar-refractivity contribution is 5.14. The standard InChI is InChI=1S/C13H22/c1-10-6-12(7-10)8-11-4-5-13(2,3)9-11/h8,10-11H,4-7,9H2,1-3H3. The molecule has 0 heteroatoms. The van der Waals surface area contributed by atoms with Crippen molar-refractivity contribution in [1.29, 1.82) is 0 Å². The van der Waals surface area contributed by atoms with Crippen LogP contribution in [0.15, 0.2) is 11.6 Å². The van der Waals surface area contributed by atoms with Gasteiger partial charge in [0.2, 0.25) is 0 Å². The first-order valence-electron chi connectivity index (χ1n) is 5.75. The van der Waals surface area contributed by atoms with Gasteiger partial charge in [0.05, 0.1) is 0 Å². The molecule has 13 heavy (non-hydrogen) atoms. The molecule has 1 unspecified atom stereocenters. The maximum absolute atomic E-state index is 2.59. The quantitative estimate of drug-likeness (QED) is 0.529. The molecular weight excluding hydrogens is 156 g/mol. The third-order valence-electron chi connectivity index (χ3n) is 3.70. The SMILES string of the molecule is CC1CC(=CC2CCC(C)(C)C2)C1. The molecule has 0 bridgehead atoms. The lowest BCUT2D eigenvalue weighted by atomic mass is 9.79. The van der Waals surface area contributed by atoms with Crippen LogP contribution in [-0.4, -0.2) is 0 Å².